The van der Waals surface area contributed by atoms with E-state index in [-0.39, 0.29) is 0 Å². The van der Waals surface area contributed by atoms with Crippen LogP contribution in [0.5, 0.6) is 0 Å². The summed E-state index contributed by atoms with van der Waals surface area (Å²) in [7, 11) is 0. The molecule has 0 radical (unpaired) electrons. The van der Waals surface area contributed by atoms with Crippen LogP contribution < -0.4 is 10.6 Å². The molecule has 1 aliphatic carbocycles. The molecule has 2 heteroatoms. The third kappa shape index (κ3) is 3.84. The summed E-state index contributed by atoms with van der Waals surface area (Å²) in [5.74, 6) is 0. The van der Waals surface area contributed by atoms with Gasteiger partial charge in [0.1, 0.15) is 0 Å². The number of rotatable bonds is 6. The minimum atomic E-state index is 0.817. The highest BCUT2D eigenvalue weighted by Gasteiger charge is 2.10. The SMILES string of the molecule is C=C(C)Nc1ccc(C(=C)NCc2ccc3c(c2)CCC3)cc1. The van der Waals surface area contributed by atoms with Gasteiger partial charge in [0.2, 0.25) is 0 Å². The molecule has 0 spiro atoms. The summed E-state index contributed by atoms with van der Waals surface area (Å²) in [6.07, 6.45) is 3.76. The van der Waals surface area contributed by atoms with Crippen molar-refractivity contribution in [1.29, 1.82) is 0 Å². The van der Waals surface area contributed by atoms with E-state index in [0.717, 1.165) is 29.2 Å². The Balaban J connectivity index is 1.59. The maximum atomic E-state index is 4.15. The molecule has 0 aliphatic heterocycles. The minimum absolute atomic E-state index is 0.817. The lowest BCUT2D eigenvalue weighted by Gasteiger charge is -2.12. The van der Waals surface area contributed by atoms with Crippen LogP contribution in [0.25, 0.3) is 5.70 Å². The molecule has 2 aromatic carbocycles. The third-order valence-corrected chi connectivity index (χ3v) is 4.26. The Labute approximate surface area is 138 Å². The van der Waals surface area contributed by atoms with Crippen molar-refractivity contribution in [2.45, 2.75) is 32.7 Å². The number of fused-ring (bicyclic) bond motifs is 1. The van der Waals surface area contributed by atoms with Gasteiger partial charge in [-0.1, -0.05) is 43.5 Å². The van der Waals surface area contributed by atoms with Crippen LogP contribution in [-0.4, -0.2) is 0 Å². The molecule has 0 atom stereocenters. The minimum Gasteiger partial charge on any atom is -0.381 e. The largest absolute Gasteiger partial charge is 0.381 e. The van der Waals surface area contributed by atoms with Gasteiger partial charge in [-0.3, -0.25) is 0 Å². The zero-order chi connectivity index (χ0) is 16.2. The first-order valence-electron chi connectivity index (χ1n) is 8.18. The molecule has 0 fully saturated rings. The van der Waals surface area contributed by atoms with E-state index in [1.54, 1.807) is 0 Å². The molecule has 0 bridgehead atoms. The Bertz CT molecular complexity index is 726. The monoisotopic (exact) mass is 304 g/mol. The molecule has 0 amide bonds. The number of aryl methyl sites for hydroxylation is 2. The second kappa shape index (κ2) is 6.74. The van der Waals surface area contributed by atoms with E-state index >= 15 is 0 Å². The van der Waals surface area contributed by atoms with Crippen molar-refractivity contribution in [2.75, 3.05) is 5.32 Å². The van der Waals surface area contributed by atoms with Crippen LogP contribution in [0, 0.1) is 0 Å². The molecule has 0 saturated carbocycles. The molecular weight excluding hydrogens is 280 g/mol. The summed E-state index contributed by atoms with van der Waals surface area (Å²) in [6.45, 7) is 10.8. The van der Waals surface area contributed by atoms with Crippen molar-refractivity contribution in [3.63, 3.8) is 0 Å². The van der Waals surface area contributed by atoms with Gasteiger partial charge in [0.25, 0.3) is 0 Å². The number of hydrogen-bond donors (Lipinski definition) is 2. The highest BCUT2D eigenvalue weighted by molar-refractivity contribution is 5.64. The Kier molecular flexibility index (Phi) is 4.52. The second-order valence-corrected chi connectivity index (χ2v) is 6.27. The average molecular weight is 304 g/mol. The van der Waals surface area contributed by atoms with Crippen LogP contribution in [-0.2, 0) is 19.4 Å². The van der Waals surface area contributed by atoms with Crippen molar-refractivity contribution in [1.82, 2.24) is 5.32 Å². The van der Waals surface area contributed by atoms with Crippen molar-refractivity contribution in [2.24, 2.45) is 0 Å². The highest BCUT2D eigenvalue weighted by atomic mass is 14.9. The van der Waals surface area contributed by atoms with E-state index in [1.807, 2.05) is 19.1 Å². The van der Waals surface area contributed by atoms with Gasteiger partial charge in [-0.05, 0) is 60.6 Å². The first kappa shape index (κ1) is 15.4. The van der Waals surface area contributed by atoms with Crippen molar-refractivity contribution >= 4 is 11.4 Å². The van der Waals surface area contributed by atoms with Gasteiger partial charge in [-0.25, -0.2) is 0 Å². The van der Waals surface area contributed by atoms with Crippen molar-refractivity contribution in [3.8, 4) is 0 Å². The molecule has 1 aliphatic rings. The summed E-state index contributed by atoms with van der Waals surface area (Å²) in [5.41, 5.74) is 8.41. The van der Waals surface area contributed by atoms with Gasteiger partial charge in [-0.2, -0.15) is 0 Å². The molecule has 0 heterocycles. The highest BCUT2D eigenvalue weighted by Crippen LogP contribution is 2.23. The van der Waals surface area contributed by atoms with E-state index in [1.165, 1.54) is 36.0 Å². The van der Waals surface area contributed by atoms with Crippen molar-refractivity contribution < 1.29 is 0 Å². The first-order chi connectivity index (χ1) is 11.1. The van der Waals surface area contributed by atoms with Gasteiger partial charge < -0.3 is 10.6 Å². The van der Waals surface area contributed by atoms with E-state index in [0.29, 0.717) is 0 Å². The summed E-state index contributed by atoms with van der Waals surface area (Å²) in [6, 6.07) is 15.1. The number of benzene rings is 2. The second-order valence-electron chi connectivity index (χ2n) is 6.27. The fourth-order valence-electron chi connectivity index (χ4n) is 3.05. The van der Waals surface area contributed by atoms with Crippen LogP contribution in [0.1, 0.15) is 35.6 Å². The van der Waals surface area contributed by atoms with Crippen LogP contribution >= 0.6 is 0 Å². The maximum Gasteiger partial charge on any atom is 0.0400 e. The predicted molar refractivity (Wildman–Crippen MR) is 99.2 cm³/mol. The fourth-order valence-corrected chi connectivity index (χ4v) is 3.05. The molecule has 23 heavy (non-hydrogen) atoms. The molecule has 0 aromatic heterocycles. The number of hydrogen-bond acceptors (Lipinski definition) is 2. The lowest BCUT2D eigenvalue weighted by Crippen LogP contribution is -2.11. The average Bonchev–Trinajstić information content (AvgIpc) is 3.00. The fraction of sp³-hybridized carbons (Fsp3) is 0.238. The number of anilines is 1. The van der Waals surface area contributed by atoms with Gasteiger partial charge in [0.15, 0.2) is 0 Å². The quantitative estimate of drug-likeness (QED) is 0.794. The maximum absolute atomic E-state index is 4.15. The third-order valence-electron chi connectivity index (χ3n) is 4.26. The molecule has 0 saturated heterocycles. The number of nitrogens with one attached hydrogen (secondary N) is 2. The Morgan fingerprint density at radius 2 is 1.74 bits per heavy atom. The Morgan fingerprint density at radius 1 is 1.00 bits per heavy atom. The summed E-state index contributed by atoms with van der Waals surface area (Å²) >= 11 is 0. The predicted octanol–water partition coefficient (Wildman–Crippen LogP) is 4.88. The van der Waals surface area contributed by atoms with Crippen molar-refractivity contribution in [3.05, 3.63) is 83.6 Å². The Morgan fingerprint density at radius 3 is 2.48 bits per heavy atom. The van der Waals surface area contributed by atoms with Crippen LogP contribution in [0.3, 0.4) is 0 Å². The summed E-state index contributed by atoms with van der Waals surface area (Å²) in [5, 5.41) is 6.64. The topological polar surface area (TPSA) is 24.1 Å². The summed E-state index contributed by atoms with van der Waals surface area (Å²) < 4.78 is 0. The van der Waals surface area contributed by atoms with Crippen LogP contribution in [0.2, 0.25) is 0 Å². The van der Waals surface area contributed by atoms with Gasteiger partial charge >= 0.3 is 0 Å². The molecule has 118 valence electrons. The smallest absolute Gasteiger partial charge is 0.0400 e. The van der Waals surface area contributed by atoms with E-state index in [4.69, 9.17) is 0 Å². The van der Waals surface area contributed by atoms with E-state index in [9.17, 15) is 0 Å². The van der Waals surface area contributed by atoms with Crippen LogP contribution in [0.15, 0.2) is 61.3 Å². The van der Waals surface area contributed by atoms with E-state index in [2.05, 4.69) is 54.1 Å². The molecule has 2 aromatic rings. The van der Waals surface area contributed by atoms with Gasteiger partial charge in [-0.15, -0.1) is 0 Å². The standard InChI is InChI=1S/C21H24N2/c1-15(2)23-21-11-9-18(10-12-21)16(3)22-14-17-7-8-19-5-4-6-20(19)13-17/h7-13,22-23H,1,3-6,14H2,2H3. The summed E-state index contributed by atoms with van der Waals surface area (Å²) in [4.78, 5) is 0. The molecule has 2 N–H and O–H groups in total. The first-order valence-corrected chi connectivity index (χ1v) is 8.18. The molecule has 0 unspecified atom stereocenters. The lowest BCUT2D eigenvalue weighted by molar-refractivity contribution is 0.887. The van der Waals surface area contributed by atoms with E-state index < -0.39 is 0 Å². The lowest BCUT2D eigenvalue weighted by atomic mass is 10.1. The van der Waals surface area contributed by atoms with Crippen LogP contribution in [0.4, 0.5) is 5.69 Å². The zero-order valence-electron chi connectivity index (χ0n) is 13.8. The molecule has 3 rings (SSSR count). The molecule has 2 nitrogen and oxygen atoms in total. The van der Waals surface area contributed by atoms with Gasteiger partial charge in [0.05, 0.1) is 0 Å². The zero-order valence-corrected chi connectivity index (χ0v) is 13.8. The van der Waals surface area contributed by atoms with Gasteiger partial charge in [0, 0.05) is 23.6 Å². The molecular formula is C21H24N2. The Hall–Kier alpha value is -2.48. The normalized spacial score (nSPS) is 12.6. The number of allylic oxidation sites excluding steroid dienone is 1.